The van der Waals surface area contributed by atoms with Gasteiger partial charge in [-0.2, -0.15) is 0 Å². The number of rotatable bonds is 4. The van der Waals surface area contributed by atoms with Crippen LogP contribution in [-0.4, -0.2) is 78.1 Å². The molecule has 0 amide bonds. The summed E-state index contributed by atoms with van der Waals surface area (Å²) in [7, 11) is 0. The van der Waals surface area contributed by atoms with Crippen molar-refractivity contribution in [3.63, 3.8) is 0 Å². The van der Waals surface area contributed by atoms with Crippen molar-refractivity contribution in [2.24, 2.45) is 4.99 Å². The number of fused-ring (bicyclic) bond motifs is 1. The smallest absolute Gasteiger partial charge is 0.146 e. The standard InChI is InChI=1S/C22H27F2N5O/c23-17-3-4-19(24)18(16-17)20-2-1-7-28(20)21-6-9-29-22(25-21)5-8-27(29)11-10-26-12-14-30-15-13-26/h3-6,9,16,20H,1-2,7-8,10-15H2/t20-/m1/s1. The summed E-state index contributed by atoms with van der Waals surface area (Å²) in [5, 5.41) is 4.37. The third-order valence-electron chi connectivity index (χ3n) is 6.26. The van der Waals surface area contributed by atoms with E-state index in [1.807, 2.05) is 12.3 Å². The topological polar surface area (TPSA) is 34.5 Å². The molecule has 0 spiro atoms. The maximum atomic E-state index is 14.4. The van der Waals surface area contributed by atoms with E-state index in [-0.39, 0.29) is 11.9 Å². The average molecular weight is 415 g/mol. The zero-order valence-electron chi connectivity index (χ0n) is 17.0. The summed E-state index contributed by atoms with van der Waals surface area (Å²) in [4.78, 5) is 9.37. The number of hydrogen-bond acceptors (Lipinski definition) is 6. The molecule has 0 aromatic heterocycles. The molecule has 1 aromatic rings. The van der Waals surface area contributed by atoms with Crippen LogP contribution < -0.4 is 0 Å². The Morgan fingerprint density at radius 3 is 2.83 bits per heavy atom. The molecule has 0 N–H and O–H groups in total. The van der Waals surface area contributed by atoms with Crippen molar-refractivity contribution in [3.05, 3.63) is 59.6 Å². The maximum absolute atomic E-state index is 14.4. The lowest BCUT2D eigenvalue weighted by molar-refractivity contribution is 0.0187. The van der Waals surface area contributed by atoms with Crippen molar-refractivity contribution in [1.29, 1.82) is 0 Å². The number of halogens is 2. The van der Waals surface area contributed by atoms with Crippen LogP contribution in [0.2, 0.25) is 0 Å². The minimum atomic E-state index is -0.403. The molecule has 5 rings (SSSR count). The van der Waals surface area contributed by atoms with Crippen LogP contribution in [0.1, 0.15) is 24.4 Å². The molecule has 1 aromatic carbocycles. The van der Waals surface area contributed by atoms with Gasteiger partial charge in [0.15, 0.2) is 0 Å². The van der Waals surface area contributed by atoms with Gasteiger partial charge in [-0.25, -0.2) is 18.8 Å². The van der Waals surface area contributed by atoms with E-state index < -0.39 is 5.82 Å². The minimum Gasteiger partial charge on any atom is -0.379 e. The summed E-state index contributed by atoms with van der Waals surface area (Å²) < 4.78 is 33.5. The van der Waals surface area contributed by atoms with Crippen molar-refractivity contribution in [2.75, 3.05) is 52.5 Å². The zero-order valence-corrected chi connectivity index (χ0v) is 17.0. The largest absolute Gasteiger partial charge is 0.379 e. The normalized spacial score (nSPS) is 24.9. The van der Waals surface area contributed by atoms with Crippen LogP contribution in [0.15, 0.2) is 47.4 Å². The first kappa shape index (κ1) is 19.7. The summed E-state index contributed by atoms with van der Waals surface area (Å²) in [6.07, 6.45) is 7.87. The molecule has 2 saturated heterocycles. The van der Waals surface area contributed by atoms with E-state index in [1.165, 1.54) is 18.2 Å². The van der Waals surface area contributed by atoms with E-state index in [0.717, 1.165) is 77.0 Å². The second kappa shape index (κ2) is 8.45. The Morgan fingerprint density at radius 2 is 1.97 bits per heavy atom. The van der Waals surface area contributed by atoms with Crippen LogP contribution in [0.4, 0.5) is 8.78 Å². The van der Waals surface area contributed by atoms with Gasteiger partial charge in [-0.1, -0.05) is 0 Å². The molecular formula is C22H27F2N5O. The van der Waals surface area contributed by atoms with E-state index in [4.69, 9.17) is 9.73 Å². The van der Waals surface area contributed by atoms with Crippen molar-refractivity contribution in [2.45, 2.75) is 18.9 Å². The van der Waals surface area contributed by atoms with Crippen LogP contribution >= 0.6 is 0 Å². The fourth-order valence-electron chi connectivity index (χ4n) is 4.65. The van der Waals surface area contributed by atoms with Crippen LogP contribution in [0.5, 0.6) is 0 Å². The molecule has 0 aliphatic carbocycles. The molecular weight excluding hydrogens is 388 g/mol. The van der Waals surface area contributed by atoms with Crippen molar-refractivity contribution in [3.8, 4) is 0 Å². The maximum Gasteiger partial charge on any atom is 0.146 e. The quantitative estimate of drug-likeness (QED) is 0.756. The Balaban J connectivity index is 1.26. The van der Waals surface area contributed by atoms with E-state index in [2.05, 4.69) is 25.9 Å². The van der Waals surface area contributed by atoms with E-state index >= 15 is 0 Å². The fourth-order valence-corrected chi connectivity index (χ4v) is 4.65. The number of hydrazine groups is 1. The Kier molecular flexibility index (Phi) is 5.54. The van der Waals surface area contributed by atoms with Gasteiger partial charge in [-0.05, 0) is 43.2 Å². The highest BCUT2D eigenvalue weighted by atomic mass is 19.1. The van der Waals surface area contributed by atoms with Crippen molar-refractivity contribution < 1.29 is 13.5 Å². The van der Waals surface area contributed by atoms with Gasteiger partial charge in [0.25, 0.3) is 0 Å². The predicted molar refractivity (Wildman–Crippen MR) is 110 cm³/mol. The molecule has 8 heteroatoms. The average Bonchev–Trinajstić information content (AvgIpc) is 3.41. The van der Waals surface area contributed by atoms with Gasteiger partial charge >= 0.3 is 0 Å². The second-order valence-corrected chi connectivity index (χ2v) is 8.08. The van der Waals surface area contributed by atoms with Crippen molar-refractivity contribution in [1.82, 2.24) is 19.8 Å². The molecule has 0 radical (unpaired) electrons. The molecule has 0 saturated carbocycles. The highest BCUT2D eigenvalue weighted by Gasteiger charge is 2.33. The van der Waals surface area contributed by atoms with Crippen LogP contribution in [0, 0.1) is 11.6 Å². The third-order valence-corrected chi connectivity index (χ3v) is 6.26. The van der Waals surface area contributed by atoms with Gasteiger partial charge < -0.3 is 9.64 Å². The molecule has 4 heterocycles. The molecule has 4 aliphatic heterocycles. The van der Waals surface area contributed by atoms with E-state index in [9.17, 15) is 8.78 Å². The Bertz CT molecular complexity index is 880. The number of morpholine rings is 1. The first-order chi connectivity index (χ1) is 14.7. The Labute approximate surface area is 175 Å². The molecule has 0 bridgehead atoms. The minimum absolute atomic E-state index is 0.185. The van der Waals surface area contributed by atoms with Gasteiger partial charge in [0.05, 0.1) is 19.3 Å². The summed E-state index contributed by atoms with van der Waals surface area (Å²) in [6, 6.07) is 3.52. The lowest BCUT2D eigenvalue weighted by atomic mass is 10.0. The van der Waals surface area contributed by atoms with Gasteiger partial charge in [0, 0.05) is 51.0 Å². The molecule has 2 fully saturated rings. The number of amidine groups is 1. The van der Waals surface area contributed by atoms with Crippen molar-refractivity contribution >= 4 is 5.84 Å². The molecule has 160 valence electrons. The second-order valence-electron chi connectivity index (χ2n) is 8.08. The number of hydrogen-bond donors (Lipinski definition) is 0. The molecule has 1 atom stereocenters. The monoisotopic (exact) mass is 415 g/mol. The fraction of sp³-hybridized carbons (Fsp3) is 0.500. The first-order valence-corrected chi connectivity index (χ1v) is 10.7. The van der Waals surface area contributed by atoms with Gasteiger partial charge in [-0.15, -0.1) is 0 Å². The number of likely N-dealkylation sites (tertiary alicyclic amines) is 1. The molecule has 30 heavy (non-hydrogen) atoms. The Hall–Kier alpha value is -2.29. The first-order valence-electron chi connectivity index (χ1n) is 10.7. The summed E-state index contributed by atoms with van der Waals surface area (Å²) in [6.45, 7) is 7.13. The number of ether oxygens (including phenoxy) is 1. The van der Waals surface area contributed by atoms with Crippen LogP contribution in [-0.2, 0) is 4.74 Å². The van der Waals surface area contributed by atoms with E-state index in [1.54, 1.807) is 0 Å². The lowest BCUT2D eigenvalue weighted by Gasteiger charge is -2.35. The number of benzene rings is 1. The number of nitrogens with zero attached hydrogens (tertiary/aromatic N) is 5. The summed E-state index contributed by atoms with van der Waals surface area (Å²) >= 11 is 0. The molecule has 4 aliphatic rings. The number of aliphatic imine (C=N–C) groups is 1. The summed E-state index contributed by atoms with van der Waals surface area (Å²) in [5.74, 6) is 0.961. The Morgan fingerprint density at radius 1 is 1.10 bits per heavy atom. The van der Waals surface area contributed by atoms with Crippen LogP contribution in [0.25, 0.3) is 0 Å². The molecule has 6 nitrogen and oxygen atoms in total. The van der Waals surface area contributed by atoms with Gasteiger partial charge in [-0.3, -0.25) is 9.91 Å². The van der Waals surface area contributed by atoms with Gasteiger partial charge in [0.2, 0.25) is 0 Å². The third kappa shape index (κ3) is 3.87. The summed E-state index contributed by atoms with van der Waals surface area (Å²) in [5.41, 5.74) is 0.415. The highest BCUT2D eigenvalue weighted by Crippen LogP contribution is 2.35. The van der Waals surface area contributed by atoms with Crippen LogP contribution in [0.3, 0.4) is 0 Å². The molecule has 0 unspecified atom stereocenters. The SMILES string of the molecule is Fc1ccc(F)c([C@H]2CCCN2C2=NC3=CCN(CCN4CCOCC4)N3C=C2)c1. The van der Waals surface area contributed by atoms with E-state index in [0.29, 0.717) is 5.56 Å². The predicted octanol–water partition coefficient (Wildman–Crippen LogP) is 2.73. The van der Waals surface area contributed by atoms with Gasteiger partial charge in [0.1, 0.15) is 23.3 Å². The lowest BCUT2D eigenvalue weighted by Crippen LogP contribution is -2.44. The zero-order chi connectivity index (χ0) is 20.5. The highest BCUT2D eigenvalue weighted by molar-refractivity contribution is 5.95.